The maximum atomic E-state index is 12.3. The molecule has 2 rings (SSSR count). The monoisotopic (exact) mass is 428 g/mol. The average molecular weight is 429 g/mol. The van der Waals surface area contributed by atoms with Crippen LogP contribution >= 0.6 is 23.2 Å². The van der Waals surface area contributed by atoms with E-state index < -0.39 is 15.6 Å². The summed E-state index contributed by atoms with van der Waals surface area (Å²) in [5.74, 6) is -0.203. The fourth-order valence-corrected chi connectivity index (χ4v) is 4.12. The van der Waals surface area contributed by atoms with Crippen molar-refractivity contribution in [1.82, 2.24) is 4.72 Å². The Labute approximate surface area is 170 Å². The van der Waals surface area contributed by atoms with Crippen molar-refractivity contribution >= 4 is 44.8 Å². The highest BCUT2D eigenvalue weighted by atomic mass is 35.5. The highest BCUT2D eigenvalue weighted by Gasteiger charge is 2.21. The summed E-state index contributed by atoms with van der Waals surface area (Å²) in [7, 11) is -3.57. The molecule has 0 bridgehead atoms. The Morgan fingerprint density at radius 1 is 1.04 bits per heavy atom. The Hall–Kier alpha value is -1.60. The van der Waals surface area contributed by atoms with Gasteiger partial charge in [0.25, 0.3) is 0 Å². The SMILES string of the molecule is CC(C)(C)NS(=O)(=O)c1ccc(CCC(=O)Nc2cc(Cl)ccc2Cl)cc1. The Kier molecular flexibility index (Phi) is 6.92. The minimum Gasteiger partial charge on any atom is -0.325 e. The van der Waals surface area contributed by atoms with Gasteiger partial charge in [0.1, 0.15) is 0 Å². The van der Waals surface area contributed by atoms with Crippen molar-refractivity contribution in [2.45, 2.75) is 44.0 Å². The molecule has 0 fully saturated rings. The van der Waals surface area contributed by atoms with E-state index >= 15 is 0 Å². The lowest BCUT2D eigenvalue weighted by molar-refractivity contribution is -0.116. The summed E-state index contributed by atoms with van der Waals surface area (Å²) in [5.41, 5.74) is 0.762. The first-order chi connectivity index (χ1) is 12.5. The Morgan fingerprint density at radius 2 is 1.67 bits per heavy atom. The van der Waals surface area contributed by atoms with Gasteiger partial charge in [0.05, 0.1) is 15.6 Å². The van der Waals surface area contributed by atoms with Crippen molar-refractivity contribution < 1.29 is 13.2 Å². The average Bonchev–Trinajstić information content (AvgIpc) is 2.54. The first-order valence-corrected chi connectivity index (χ1v) is 10.6. The lowest BCUT2D eigenvalue weighted by Crippen LogP contribution is -2.40. The van der Waals surface area contributed by atoms with E-state index in [1.165, 1.54) is 12.1 Å². The molecule has 2 aromatic rings. The molecule has 2 aromatic carbocycles. The predicted molar refractivity (Wildman–Crippen MR) is 110 cm³/mol. The minimum atomic E-state index is -3.57. The number of rotatable bonds is 6. The van der Waals surface area contributed by atoms with Crippen LogP contribution < -0.4 is 10.0 Å². The second-order valence-corrected chi connectivity index (χ2v) is 9.70. The van der Waals surface area contributed by atoms with Gasteiger partial charge >= 0.3 is 0 Å². The molecule has 0 radical (unpaired) electrons. The molecule has 146 valence electrons. The first-order valence-electron chi connectivity index (χ1n) is 8.34. The Bertz CT molecular complexity index is 921. The van der Waals surface area contributed by atoms with Gasteiger partial charge in [-0.3, -0.25) is 4.79 Å². The molecule has 27 heavy (non-hydrogen) atoms. The summed E-state index contributed by atoms with van der Waals surface area (Å²) in [4.78, 5) is 12.3. The van der Waals surface area contributed by atoms with E-state index in [4.69, 9.17) is 23.2 Å². The van der Waals surface area contributed by atoms with Gasteiger partial charge in [-0.25, -0.2) is 13.1 Å². The number of hydrogen-bond donors (Lipinski definition) is 2. The van der Waals surface area contributed by atoms with Gasteiger partial charge < -0.3 is 5.32 Å². The molecule has 0 aliphatic heterocycles. The number of carbonyl (C=O) groups excluding carboxylic acids is 1. The molecule has 0 aliphatic rings. The van der Waals surface area contributed by atoms with Crippen LogP contribution in [0.5, 0.6) is 0 Å². The van der Waals surface area contributed by atoms with Gasteiger partial charge in [0, 0.05) is 17.0 Å². The van der Waals surface area contributed by atoms with E-state index in [9.17, 15) is 13.2 Å². The highest BCUT2D eigenvalue weighted by molar-refractivity contribution is 7.89. The predicted octanol–water partition coefficient (Wildman–Crippen LogP) is 4.64. The molecular weight excluding hydrogens is 407 g/mol. The van der Waals surface area contributed by atoms with Gasteiger partial charge in [-0.15, -0.1) is 0 Å². The van der Waals surface area contributed by atoms with Crippen LogP contribution in [-0.2, 0) is 21.2 Å². The van der Waals surface area contributed by atoms with Crippen molar-refractivity contribution in [3.05, 3.63) is 58.1 Å². The molecule has 0 unspecified atom stereocenters. The van der Waals surface area contributed by atoms with Crippen LogP contribution in [0.1, 0.15) is 32.8 Å². The Morgan fingerprint density at radius 3 is 2.26 bits per heavy atom. The zero-order valence-corrected chi connectivity index (χ0v) is 17.7. The smallest absolute Gasteiger partial charge is 0.241 e. The highest BCUT2D eigenvalue weighted by Crippen LogP contribution is 2.25. The van der Waals surface area contributed by atoms with Crippen LogP contribution in [0.2, 0.25) is 10.0 Å². The topological polar surface area (TPSA) is 75.3 Å². The standard InChI is InChI=1S/C19H22Cl2N2O3S/c1-19(2,3)23-27(25,26)15-8-4-13(5-9-15)6-11-18(24)22-17-12-14(20)7-10-16(17)21/h4-5,7-10,12,23H,6,11H2,1-3H3,(H,22,24). The number of nitrogens with one attached hydrogen (secondary N) is 2. The summed E-state index contributed by atoms with van der Waals surface area (Å²) in [6.45, 7) is 5.34. The summed E-state index contributed by atoms with van der Waals surface area (Å²) >= 11 is 11.9. The van der Waals surface area contributed by atoms with E-state index in [0.29, 0.717) is 22.2 Å². The number of amides is 1. The second-order valence-electron chi connectivity index (χ2n) is 7.17. The van der Waals surface area contributed by atoms with E-state index in [0.717, 1.165) is 5.56 Å². The number of aryl methyl sites for hydroxylation is 1. The van der Waals surface area contributed by atoms with Gasteiger partial charge in [-0.2, -0.15) is 0 Å². The third-order valence-corrected chi connectivity index (χ3v) is 5.86. The molecule has 0 heterocycles. The maximum absolute atomic E-state index is 12.3. The summed E-state index contributed by atoms with van der Waals surface area (Å²) < 4.78 is 27.2. The van der Waals surface area contributed by atoms with Gasteiger partial charge in [-0.05, 0) is 63.1 Å². The number of hydrogen-bond acceptors (Lipinski definition) is 3. The van der Waals surface area contributed by atoms with Crippen molar-refractivity contribution in [2.24, 2.45) is 0 Å². The molecule has 0 spiro atoms. The summed E-state index contributed by atoms with van der Waals surface area (Å²) in [6.07, 6.45) is 0.701. The number of carbonyl (C=O) groups is 1. The van der Waals surface area contributed by atoms with Crippen LogP contribution in [0.4, 0.5) is 5.69 Å². The fraction of sp³-hybridized carbons (Fsp3) is 0.316. The van der Waals surface area contributed by atoms with E-state index in [2.05, 4.69) is 10.0 Å². The van der Waals surface area contributed by atoms with Crippen LogP contribution in [0.15, 0.2) is 47.4 Å². The number of sulfonamides is 1. The van der Waals surface area contributed by atoms with Crippen molar-refractivity contribution in [1.29, 1.82) is 0 Å². The Balaban J connectivity index is 1.97. The number of benzene rings is 2. The van der Waals surface area contributed by atoms with E-state index in [1.54, 1.807) is 51.1 Å². The molecule has 8 heteroatoms. The first kappa shape index (κ1) is 21.7. The summed E-state index contributed by atoms with van der Waals surface area (Å²) in [5, 5.41) is 3.61. The van der Waals surface area contributed by atoms with Crippen molar-refractivity contribution in [3.8, 4) is 0 Å². The van der Waals surface area contributed by atoms with E-state index in [-0.39, 0.29) is 17.2 Å². The fourth-order valence-electron chi connectivity index (χ4n) is 2.36. The molecule has 5 nitrogen and oxygen atoms in total. The zero-order chi connectivity index (χ0) is 20.2. The van der Waals surface area contributed by atoms with Crippen LogP contribution in [0.25, 0.3) is 0 Å². The number of anilines is 1. The third-order valence-electron chi connectivity index (χ3n) is 3.52. The van der Waals surface area contributed by atoms with Crippen LogP contribution in [-0.4, -0.2) is 19.9 Å². The molecular formula is C19H22Cl2N2O3S. The van der Waals surface area contributed by atoms with Gasteiger partial charge in [-0.1, -0.05) is 35.3 Å². The molecule has 1 amide bonds. The molecule has 0 aromatic heterocycles. The molecule has 0 saturated carbocycles. The molecule has 0 atom stereocenters. The minimum absolute atomic E-state index is 0.191. The number of halogens is 2. The lowest BCUT2D eigenvalue weighted by atomic mass is 10.1. The van der Waals surface area contributed by atoms with Crippen LogP contribution in [0, 0.1) is 0 Å². The normalized spacial score (nSPS) is 12.0. The molecule has 0 saturated heterocycles. The zero-order valence-electron chi connectivity index (χ0n) is 15.3. The van der Waals surface area contributed by atoms with Crippen molar-refractivity contribution in [2.75, 3.05) is 5.32 Å². The van der Waals surface area contributed by atoms with Crippen LogP contribution in [0.3, 0.4) is 0 Å². The van der Waals surface area contributed by atoms with Gasteiger partial charge in [0.15, 0.2) is 0 Å². The summed E-state index contributed by atoms with van der Waals surface area (Å²) in [6, 6.07) is 11.3. The van der Waals surface area contributed by atoms with Gasteiger partial charge in [0.2, 0.25) is 15.9 Å². The largest absolute Gasteiger partial charge is 0.325 e. The third kappa shape index (κ3) is 6.81. The maximum Gasteiger partial charge on any atom is 0.241 e. The lowest BCUT2D eigenvalue weighted by Gasteiger charge is -2.20. The quantitative estimate of drug-likeness (QED) is 0.703. The molecule has 0 aliphatic carbocycles. The van der Waals surface area contributed by atoms with Crippen molar-refractivity contribution in [3.63, 3.8) is 0 Å². The van der Waals surface area contributed by atoms with E-state index in [1.807, 2.05) is 0 Å². The second kappa shape index (κ2) is 8.61. The molecule has 2 N–H and O–H groups in total.